The number of hydrogen-bond acceptors (Lipinski definition) is 6. The van der Waals surface area contributed by atoms with Crippen molar-refractivity contribution in [3.05, 3.63) is 82.9 Å². The van der Waals surface area contributed by atoms with Gasteiger partial charge < -0.3 is 14.4 Å². The van der Waals surface area contributed by atoms with Crippen LogP contribution in [0.4, 0.5) is 29.3 Å². The summed E-state index contributed by atoms with van der Waals surface area (Å²) < 4.78 is 50.8. The molecule has 0 radical (unpaired) electrons. The maximum Gasteiger partial charge on any atom is 0.432 e. The number of esters is 1. The Balaban J connectivity index is 0.00000441. The lowest BCUT2D eigenvalue weighted by Gasteiger charge is -2.33. The molecule has 1 atom stereocenters. The summed E-state index contributed by atoms with van der Waals surface area (Å²) in [5, 5.41) is 1.10. The number of halogens is 5. The van der Waals surface area contributed by atoms with Crippen LogP contribution in [0.1, 0.15) is 47.1 Å². The minimum atomic E-state index is -4.52. The van der Waals surface area contributed by atoms with Crippen LogP contribution >= 0.6 is 24.2 Å². The first kappa shape index (κ1) is 31.1. The van der Waals surface area contributed by atoms with Gasteiger partial charge in [-0.2, -0.15) is 18.2 Å². The molecule has 214 valence electrons. The molecule has 0 aliphatic carbocycles. The normalized spacial score (nSPS) is 15.4. The number of hydrogen-bond donors (Lipinski definition) is 0. The number of amides is 1. The fourth-order valence-electron chi connectivity index (χ4n) is 4.62. The van der Waals surface area contributed by atoms with Crippen LogP contribution in [-0.2, 0) is 15.7 Å². The summed E-state index contributed by atoms with van der Waals surface area (Å²) >= 11 is 6.69. The smallest absolute Gasteiger partial charge is 0.432 e. The first-order valence-electron chi connectivity index (χ1n) is 12.2. The molecule has 3 aromatic carbocycles. The molecule has 1 amide bonds. The number of benzene rings is 3. The summed E-state index contributed by atoms with van der Waals surface area (Å²) in [6.45, 7) is 6.71. The van der Waals surface area contributed by atoms with E-state index < -0.39 is 30.0 Å². The van der Waals surface area contributed by atoms with Gasteiger partial charge in [-0.05, 0) is 50.1 Å². The minimum absolute atomic E-state index is 0. The van der Waals surface area contributed by atoms with Crippen molar-refractivity contribution >= 4 is 47.6 Å². The van der Waals surface area contributed by atoms with E-state index in [9.17, 15) is 22.8 Å². The van der Waals surface area contributed by atoms with Crippen LogP contribution in [0.3, 0.4) is 0 Å². The quantitative estimate of drug-likeness (QED) is 0.205. The highest BCUT2D eigenvalue weighted by molar-refractivity contribution is 6.18. The standard InChI is InChI=1S/C28H27ClF3N3O4.ClH/c1-5-33(6-2)24-22(18-10-8-7-9-11-18)16-21(26(36)38-4)17(3)23(24)34-27(37)39-25(35(34)29)19-12-14-20(15-13-19)28(30,31)32;/h7-16,25H,5-6H2,1-4H3;1H. The second-order valence-corrected chi connectivity index (χ2v) is 9.13. The van der Waals surface area contributed by atoms with Gasteiger partial charge in [0.05, 0.1) is 29.6 Å². The van der Waals surface area contributed by atoms with Crippen molar-refractivity contribution in [2.75, 3.05) is 30.1 Å². The van der Waals surface area contributed by atoms with Gasteiger partial charge in [0, 0.05) is 36.0 Å². The number of carbonyl (C=O) groups excluding carboxylic acids is 2. The van der Waals surface area contributed by atoms with E-state index in [1.54, 1.807) is 13.0 Å². The average Bonchev–Trinajstić information content (AvgIpc) is 3.22. The molecule has 0 aromatic heterocycles. The van der Waals surface area contributed by atoms with Crippen LogP contribution < -0.4 is 9.91 Å². The molecule has 3 aromatic rings. The predicted octanol–water partition coefficient (Wildman–Crippen LogP) is 7.76. The van der Waals surface area contributed by atoms with Crippen molar-refractivity contribution < 1.29 is 32.2 Å². The number of anilines is 2. The zero-order valence-electron chi connectivity index (χ0n) is 22.2. The van der Waals surface area contributed by atoms with Gasteiger partial charge in [-0.3, -0.25) is 0 Å². The van der Waals surface area contributed by atoms with Gasteiger partial charge in [-0.15, -0.1) is 12.4 Å². The Morgan fingerprint density at radius 1 is 1.07 bits per heavy atom. The SMILES string of the molecule is CCN(CC)c1c(-c2ccccc2)cc(C(=O)OC)c(C)c1N1C(=O)OC(c2ccc(C(F)(F)F)cc2)N1Cl.Cl. The Hall–Kier alpha value is -3.47. The summed E-state index contributed by atoms with van der Waals surface area (Å²) in [6.07, 6.45) is -6.59. The summed E-state index contributed by atoms with van der Waals surface area (Å²) in [7, 11) is 1.26. The van der Waals surface area contributed by atoms with Crippen LogP contribution in [-0.4, -0.2) is 36.8 Å². The van der Waals surface area contributed by atoms with E-state index in [-0.39, 0.29) is 23.5 Å². The van der Waals surface area contributed by atoms with E-state index >= 15 is 0 Å². The number of hydrazine groups is 1. The summed E-state index contributed by atoms with van der Waals surface area (Å²) in [5.74, 6) is -0.606. The number of methoxy groups -OCH3 is 1. The molecule has 1 aliphatic rings. The van der Waals surface area contributed by atoms with E-state index in [4.69, 9.17) is 21.3 Å². The summed E-state index contributed by atoms with van der Waals surface area (Å²) in [6, 6.07) is 15.3. The van der Waals surface area contributed by atoms with Gasteiger partial charge in [0.2, 0.25) is 6.23 Å². The third kappa shape index (κ3) is 5.70. The van der Waals surface area contributed by atoms with E-state index in [1.807, 2.05) is 49.1 Å². The Morgan fingerprint density at radius 3 is 2.20 bits per heavy atom. The molecule has 1 fully saturated rings. The van der Waals surface area contributed by atoms with Crippen LogP contribution in [0.2, 0.25) is 0 Å². The second-order valence-electron chi connectivity index (χ2n) is 8.78. The highest BCUT2D eigenvalue weighted by atomic mass is 35.5. The van der Waals surface area contributed by atoms with Crippen molar-refractivity contribution in [1.82, 2.24) is 4.53 Å². The molecule has 1 unspecified atom stereocenters. The molecule has 12 heteroatoms. The van der Waals surface area contributed by atoms with E-state index in [2.05, 4.69) is 0 Å². The van der Waals surface area contributed by atoms with Crippen LogP contribution in [0.5, 0.6) is 0 Å². The molecular weight excluding hydrogens is 570 g/mol. The molecule has 0 spiro atoms. The maximum absolute atomic E-state index is 13.4. The number of rotatable bonds is 7. The molecule has 0 saturated carbocycles. The van der Waals surface area contributed by atoms with Crippen molar-refractivity contribution in [2.24, 2.45) is 0 Å². The van der Waals surface area contributed by atoms with Gasteiger partial charge in [-0.1, -0.05) is 47.0 Å². The fourth-order valence-corrected chi connectivity index (χ4v) is 4.91. The average molecular weight is 598 g/mol. The largest absolute Gasteiger partial charge is 0.465 e. The third-order valence-corrected chi connectivity index (χ3v) is 6.93. The van der Waals surface area contributed by atoms with Crippen molar-refractivity contribution in [2.45, 2.75) is 33.2 Å². The molecule has 1 heterocycles. The molecule has 7 nitrogen and oxygen atoms in total. The second kappa shape index (κ2) is 12.4. The zero-order valence-corrected chi connectivity index (χ0v) is 23.7. The lowest BCUT2D eigenvalue weighted by Crippen LogP contribution is -2.36. The van der Waals surface area contributed by atoms with E-state index in [0.29, 0.717) is 35.6 Å². The first-order valence-corrected chi connectivity index (χ1v) is 12.6. The number of carbonyl (C=O) groups is 2. The zero-order chi connectivity index (χ0) is 28.5. The van der Waals surface area contributed by atoms with Crippen molar-refractivity contribution in [3.63, 3.8) is 0 Å². The monoisotopic (exact) mass is 597 g/mol. The Kier molecular flexibility index (Phi) is 9.60. The predicted molar refractivity (Wildman–Crippen MR) is 150 cm³/mol. The molecule has 40 heavy (non-hydrogen) atoms. The van der Waals surface area contributed by atoms with Crippen LogP contribution in [0.15, 0.2) is 60.7 Å². The van der Waals surface area contributed by atoms with E-state index in [0.717, 1.165) is 27.2 Å². The van der Waals surface area contributed by atoms with Crippen molar-refractivity contribution in [1.29, 1.82) is 0 Å². The first-order chi connectivity index (χ1) is 18.5. The van der Waals surface area contributed by atoms with Crippen molar-refractivity contribution in [3.8, 4) is 11.1 Å². The Bertz CT molecular complexity index is 1370. The van der Waals surface area contributed by atoms with Gasteiger partial charge >= 0.3 is 18.2 Å². The minimum Gasteiger partial charge on any atom is -0.465 e. The molecule has 0 N–H and O–H groups in total. The van der Waals surface area contributed by atoms with Crippen LogP contribution in [0, 0.1) is 6.92 Å². The Labute approximate surface area is 241 Å². The van der Waals surface area contributed by atoms with E-state index in [1.165, 1.54) is 19.2 Å². The van der Waals surface area contributed by atoms with Gasteiger partial charge in [-0.25, -0.2) is 9.59 Å². The van der Waals surface area contributed by atoms with Gasteiger partial charge in [0.15, 0.2) is 0 Å². The summed E-state index contributed by atoms with van der Waals surface area (Å²) in [5.41, 5.74) is 2.42. The number of cyclic esters (lactones) is 1. The number of ether oxygens (including phenoxy) is 2. The maximum atomic E-state index is 13.4. The third-order valence-electron chi connectivity index (χ3n) is 6.60. The molecule has 1 saturated heterocycles. The fraction of sp³-hybridized carbons (Fsp3) is 0.286. The lowest BCUT2D eigenvalue weighted by molar-refractivity contribution is -0.137. The number of alkyl halides is 3. The highest BCUT2D eigenvalue weighted by Crippen LogP contribution is 2.48. The molecular formula is C28H28Cl2F3N3O4. The number of nitrogens with zero attached hydrogens (tertiary/aromatic N) is 3. The molecule has 1 aliphatic heterocycles. The van der Waals surface area contributed by atoms with Crippen LogP contribution in [0.25, 0.3) is 11.1 Å². The highest BCUT2D eigenvalue weighted by Gasteiger charge is 2.44. The summed E-state index contributed by atoms with van der Waals surface area (Å²) in [4.78, 5) is 28.2. The van der Waals surface area contributed by atoms with Gasteiger partial charge in [0.25, 0.3) is 0 Å². The van der Waals surface area contributed by atoms with Gasteiger partial charge in [0.1, 0.15) is 0 Å². The molecule has 4 rings (SSSR count). The molecule has 0 bridgehead atoms. The Morgan fingerprint density at radius 2 is 1.68 bits per heavy atom. The topological polar surface area (TPSA) is 62.3 Å². The lowest BCUT2D eigenvalue weighted by atomic mass is 9.94.